The Hall–Kier alpha value is -2.02. The summed E-state index contributed by atoms with van der Waals surface area (Å²) in [5.74, 6) is 1.05. The first-order chi connectivity index (χ1) is 11.6. The van der Waals surface area contributed by atoms with E-state index in [1.807, 2.05) is 4.90 Å². The number of hydrogen-bond acceptors (Lipinski definition) is 5. The third kappa shape index (κ3) is 2.66. The number of carbonyl (C=O) groups excluding carboxylic acids is 1. The molecule has 2 fully saturated rings. The van der Waals surface area contributed by atoms with Crippen LogP contribution in [0.15, 0.2) is 35.1 Å². The van der Waals surface area contributed by atoms with Crippen molar-refractivity contribution in [3.63, 3.8) is 0 Å². The first kappa shape index (κ1) is 15.5. The topological polar surface area (TPSA) is 55.6 Å². The fourth-order valence-electron chi connectivity index (χ4n) is 3.28. The van der Waals surface area contributed by atoms with Crippen LogP contribution < -0.4 is 4.74 Å². The van der Waals surface area contributed by atoms with Crippen LogP contribution in [0, 0.1) is 12.7 Å². The molecule has 0 radical (unpaired) electrons. The quantitative estimate of drug-likeness (QED) is 0.854. The Morgan fingerprint density at radius 2 is 2.33 bits per heavy atom. The zero-order valence-corrected chi connectivity index (χ0v) is 14.0. The number of hydrogen-bond donors (Lipinski definition) is 0. The Balaban J connectivity index is 1.36. The van der Waals surface area contributed by atoms with E-state index in [4.69, 9.17) is 9.15 Å². The second kappa shape index (κ2) is 5.81. The van der Waals surface area contributed by atoms with Gasteiger partial charge < -0.3 is 14.1 Å². The largest absolute Gasteiger partial charge is 0.471 e. The molecule has 4 rings (SSSR count). The summed E-state index contributed by atoms with van der Waals surface area (Å²) in [4.78, 5) is 18.2. The lowest BCUT2D eigenvalue weighted by Gasteiger charge is -2.47. The molecule has 2 aliphatic rings. The van der Waals surface area contributed by atoms with Crippen LogP contribution in [-0.4, -0.2) is 45.5 Å². The maximum absolute atomic E-state index is 13.6. The van der Waals surface area contributed by atoms with Gasteiger partial charge in [-0.2, -0.15) is 0 Å². The van der Waals surface area contributed by atoms with Gasteiger partial charge in [0.15, 0.2) is 5.82 Å². The SMILES string of the molecule is Cc1occc1C(=O)N1CC2(C[C@H](Oc3ncccc3F)CS2)C1. The third-order valence-electron chi connectivity index (χ3n) is 4.51. The summed E-state index contributed by atoms with van der Waals surface area (Å²) in [5.41, 5.74) is 0.621. The summed E-state index contributed by atoms with van der Waals surface area (Å²) in [6, 6.07) is 4.60. The molecule has 7 heteroatoms. The molecule has 4 heterocycles. The number of nitrogens with zero attached hydrogens (tertiary/aromatic N) is 2. The van der Waals surface area contributed by atoms with Gasteiger partial charge in [-0.1, -0.05) is 0 Å². The van der Waals surface area contributed by atoms with E-state index in [1.165, 1.54) is 18.5 Å². The van der Waals surface area contributed by atoms with Gasteiger partial charge >= 0.3 is 0 Å². The van der Waals surface area contributed by atoms with Gasteiger partial charge in [-0.25, -0.2) is 9.37 Å². The third-order valence-corrected chi connectivity index (χ3v) is 6.09. The lowest BCUT2D eigenvalue weighted by atomic mass is 9.92. The smallest absolute Gasteiger partial charge is 0.257 e. The molecule has 0 unspecified atom stereocenters. The summed E-state index contributed by atoms with van der Waals surface area (Å²) in [5, 5.41) is 0. The number of amides is 1. The minimum Gasteiger partial charge on any atom is -0.471 e. The predicted molar refractivity (Wildman–Crippen MR) is 87.8 cm³/mol. The van der Waals surface area contributed by atoms with Crippen LogP contribution in [0.3, 0.4) is 0 Å². The summed E-state index contributed by atoms with van der Waals surface area (Å²) in [6.07, 6.45) is 3.77. The zero-order valence-electron chi connectivity index (χ0n) is 13.2. The number of carbonyl (C=O) groups is 1. The molecule has 0 bridgehead atoms. The van der Waals surface area contributed by atoms with Crippen LogP contribution in [0.4, 0.5) is 4.39 Å². The number of likely N-dealkylation sites (tertiary alicyclic amines) is 1. The van der Waals surface area contributed by atoms with Crippen molar-refractivity contribution in [3.05, 3.63) is 47.8 Å². The van der Waals surface area contributed by atoms with E-state index >= 15 is 0 Å². The van der Waals surface area contributed by atoms with Gasteiger partial charge in [0.05, 0.1) is 16.6 Å². The number of rotatable bonds is 3. The Bertz CT molecular complexity index is 773. The maximum Gasteiger partial charge on any atom is 0.257 e. The highest BCUT2D eigenvalue weighted by Crippen LogP contribution is 2.46. The summed E-state index contributed by atoms with van der Waals surface area (Å²) < 4.78 is 24.6. The van der Waals surface area contributed by atoms with Crippen molar-refractivity contribution >= 4 is 17.7 Å². The van der Waals surface area contributed by atoms with Crippen molar-refractivity contribution in [3.8, 4) is 5.88 Å². The van der Waals surface area contributed by atoms with Gasteiger partial charge in [0.1, 0.15) is 11.9 Å². The van der Waals surface area contributed by atoms with E-state index in [9.17, 15) is 9.18 Å². The van der Waals surface area contributed by atoms with E-state index in [-0.39, 0.29) is 22.6 Å². The average Bonchev–Trinajstić information content (AvgIpc) is 3.14. The number of halogens is 1. The van der Waals surface area contributed by atoms with Crippen LogP contribution >= 0.6 is 11.8 Å². The molecule has 0 saturated carbocycles. The molecular weight excluding hydrogens is 331 g/mol. The lowest BCUT2D eigenvalue weighted by molar-refractivity contribution is 0.0512. The van der Waals surface area contributed by atoms with Gasteiger partial charge in [0.2, 0.25) is 0 Å². The van der Waals surface area contributed by atoms with E-state index in [2.05, 4.69) is 4.98 Å². The molecule has 2 saturated heterocycles. The van der Waals surface area contributed by atoms with Gasteiger partial charge in [-0.3, -0.25) is 4.79 Å². The number of aryl methyl sites for hydroxylation is 1. The second-order valence-electron chi connectivity index (χ2n) is 6.28. The van der Waals surface area contributed by atoms with E-state index in [0.717, 1.165) is 12.2 Å². The minimum atomic E-state index is -0.440. The highest BCUT2D eigenvalue weighted by Gasteiger charge is 2.51. The number of ether oxygens (including phenoxy) is 1. The Labute approximate surface area is 143 Å². The standard InChI is InChI=1S/C17H17FN2O3S/c1-11-13(4-6-22-11)16(21)20-9-17(10-20)7-12(8-24-17)23-15-14(18)3-2-5-19-15/h2-6,12H,7-10H2,1H3/t12-/m0/s1. The summed E-state index contributed by atoms with van der Waals surface area (Å²) in [6.45, 7) is 3.16. The van der Waals surface area contributed by atoms with Gasteiger partial charge in [-0.15, -0.1) is 11.8 Å². The number of furan rings is 1. The number of thioether (sulfide) groups is 1. The first-order valence-electron chi connectivity index (χ1n) is 7.81. The van der Waals surface area contributed by atoms with E-state index in [0.29, 0.717) is 24.4 Å². The van der Waals surface area contributed by atoms with Crippen LogP contribution in [0.1, 0.15) is 22.5 Å². The van der Waals surface area contributed by atoms with Crippen molar-refractivity contribution in [2.75, 3.05) is 18.8 Å². The molecular formula is C17H17FN2O3S. The van der Waals surface area contributed by atoms with Crippen molar-refractivity contribution in [2.45, 2.75) is 24.2 Å². The summed E-state index contributed by atoms with van der Waals surface area (Å²) in [7, 11) is 0. The molecule has 1 atom stereocenters. The molecule has 2 aromatic heterocycles. The van der Waals surface area contributed by atoms with Crippen LogP contribution in [0.5, 0.6) is 5.88 Å². The molecule has 5 nitrogen and oxygen atoms in total. The minimum absolute atomic E-state index is 0.00705. The highest BCUT2D eigenvalue weighted by atomic mass is 32.2. The Morgan fingerprint density at radius 1 is 1.50 bits per heavy atom. The molecule has 0 aromatic carbocycles. The van der Waals surface area contributed by atoms with Crippen molar-refractivity contribution in [1.29, 1.82) is 0 Å². The van der Waals surface area contributed by atoms with Gasteiger partial charge in [0, 0.05) is 31.5 Å². The average molecular weight is 348 g/mol. The Morgan fingerprint density at radius 3 is 3.04 bits per heavy atom. The molecule has 0 N–H and O–H groups in total. The Kier molecular flexibility index (Phi) is 3.75. The predicted octanol–water partition coefficient (Wildman–Crippen LogP) is 2.90. The number of pyridine rings is 1. The molecule has 1 amide bonds. The molecule has 126 valence electrons. The lowest BCUT2D eigenvalue weighted by Crippen LogP contribution is -2.60. The van der Waals surface area contributed by atoms with Crippen LogP contribution in [-0.2, 0) is 0 Å². The maximum atomic E-state index is 13.6. The molecule has 2 aliphatic heterocycles. The molecule has 2 aromatic rings. The molecule has 24 heavy (non-hydrogen) atoms. The van der Waals surface area contributed by atoms with Crippen LogP contribution in [0.2, 0.25) is 0 Å². The van der Waals surface area contributed by atoms with Crippen molar-refractivity contribution in [1.82, 2.24) is 9.88 Å². The van der Waals surface area contributed by atoms with Crippen molar-refractivity contribution in [2.24, 2.45) is 0 Å². The first-order valence-corrected chi connectivity index (χ1v) is 8.79. The monoisotopic (exact) mass is 348 g/mol. The zero-order chi connectivity index (χ0) is 16.7. The van der Waals surface area contributed by atoms with Crippen LogP contribution in [0.25, 0.3) is 0 Å². The molecule has 0 aliphatic carbocycles. The van der Waals surface area contributed by atoms with Gasteiger partial charge in [-0.05, 0) is 25.1 Å². The second-order valence-corrected chi connectivity index (χ2v) is 7.77. The number of aromatic nitrogens is 1. The van der Waals surface area contributed by atoms with E-state index in [1.54, 1.807) is 30.8 Å². The highest BCUT2D eigenvalue weighted by molar-refractivity contribution is 8.01. The van der Waals surface area contributed by atoms with Gasteiger partial charge in [0.25, 0.3) is 11.8 Å². The fourth-order valence-corrected chi connectivity index (χ4v) is 4.81. The van der Waals surface area contributed by atoms with Crippen molar-refractivity contribution < 1.29 is 18.3 Å². The normalized spacial score (nSPS) is 21.8. The molecule has 1 spiro atoms. The summed E-state index contributed by atoms with van der Waals surface area (Å²) >= 11 is 1.79. The van der Waals surface area contributed by atoms with E-state index < -0.39 is 5.82 Å². The fraction of sp³-hybridized carbons (Fsp3) is 0.412.